The summed E-state index contributed by atoms with van der Waals surface area (Å²) in [6.45, 7) is 6.73. The number of benzene rings is 2. The predicted molar refractivity (Wildman–Crippen MR) is 126 cm³/mol. The van der Waals surface area contributed by atoms with Gasteiger partial charge in [-0.1, -0.05) is 38.0 Å². The van der Waals surface area contributed by atoms with E-state index in [9.17, 15) is 4.79 Å². The van der Waals surface area contributed by atoms with Crippen LogP contribution in [0.15, 0.2) is 47.1 Å². The molecular weight excluding hydrogens is 390 g/mol. The summed E-state index contributed by atoms with van der Waals surface area (Å²) in [6, 6.07) is 9.88. The monoisotopic (exact) mass is 421 g/mol. The van der Waals surface area contributed by atoms with E-state index in [4.69, 9.17) is 13.9 Å². The Morgan fingerprint density at radius 1 is 1.13 bits per heavy atom. The van der Waals surface area contributed by atoms with Gasteiger partial charge < -0.3 is 19.2 Å². The second kappa shape index (κ2) is 10.2. The Hall–Kier alpha value is -3.21. The minimum Gasteiger partial charge on any atom is -0.496 e. The van der Waals surface area contributed by atoms with Crippen LogP contribution < -0.4 is 14.8 Å². The molecule has 1 amide bonds. The first kappa shape index (κ1) is 22.5. The minimum absolute atomic E-state index is 0.0921. The molecule has 3 rings (SSSR count). The molecule has 0 fully saturated rings. The summed E-state index contributed by atoms with van der Waals surface area (Å²) in [5.41, 5.74) is 5.26. The molecular formula is C26H31NO4. The smallest absolute Gasteiger partial charge is 0.244 e. The van der Waals surface area contributed by atoms with Crippen LogP contribution >= 0.6 is 0 Å². The van der Waals surface area contributed by atoms with E-state index in [2.05, 4.69) is 12.2 Å². The molecule has 0 aliphatic rings. The Bertz CT molecular complexity index is 1090. The van der Waals surface area contributed by atoms with Crippen LogP contribution in [0.5, 0.6) is 11.5 Å². The topological polar surface area (TPSA) is 60.7 Å². The van der Waals surface area contributed by atoms with Crippen molar-refractivity contribution in [2.75, 3.05) is 20.8 Å². The van der Waals surface area contributed by atoms with Crippen LogP contribution in [-0.4, -0.2) is 26.7 Å². The molecule has 5 nitrogen and oxygen atoms in total. The van der Waals surface area contributed by atoms with Gasteiger partial charge >= 0.3 is 0 Å². The number of para-hydroxylation sites is 1. The normalized spacial score (nSPS) is 11.6. The van der Waals surface area contributed by atoms with Crippen LogP contribution in [0.25, 0.3) is 27.7 Å². The number of ether oxygens (including phenoxy) is 2. The third kappa shape index (κ3) is 4.76. The van der Waals surface area contributed by atoms with Gasteiger partial charge in [0.05, 0.1) is 20.5 Å². The van der Waals surface area contributed by atoms with Gasteiger partial charge in [0.1, 0.15) is 17.1 Å². The number of allylic oxidation sites excluding steroid dienone is 1. The van der Waals surface area contributed by atoms with Crippen molar-refractivity contribution in [3.05, 3.63) is 53.8 Å². The van der Waals surface area contributed by atoms with Crippen molar-refractivity contribution >= 4 is 22.4 Å². The van der Waals surface area contributed by atoms with Crippen LogP contribution in [0.3, 0.4) is 0 Å². The predicted octanol–water partition coefficient (Wildman–Crippen LogP) is 6.14. The molecule has 3 aromatic rings. The number of nitrogens with one attached hydrogen (secondary N) is 1. The van der Waals surface area contributed by atoms with Crippen LogP contribution in [0.1, 0.15) is 44.2 Å². The van der Waals surface area contributed by atoms with Gasteiger partial charge in [-0.25, -0.2) is 0 Å². The first-order valence-corrected chi connectivity index (χ1v) is 10.7. The summed E-state index contributed by atoms with van der Waals surface area (Å²) >= 11 is 0. The van der Waals surface area contributed by atoms with Gasteiger partial charge in [-0.3, -0.25) is 4.79 Å². The summed E-state index contributed by atoms with van der Waals surface area (Å²) < 4.78 is 17.2. The molecule has 5 heteroatoms. The molecule has 0 unspecified atom stereocenters. The Morgan fingerprint density at radius 2 is 1.90 bits per heavy atom. The first-order chi connectivity index (χ1) is 15.0. The Labute approximate surface area is 184 Å². The Balaban J connectivity index is 2.05. The zero-order valence-electron chi connectivity index (χ0n) is 19.0. The number of amides is 1. The largest absolute Gasteiger partial charge is 0.496 e. The maximum absolute atomic E-state index is 12.4. The van der Waals surface area contributed by atoms with Crippen molar-refractivity contribution in [3.8, 4) is 22.6 Å². The molecule has 0 spiro atoms. The lowest BCUT2D eigenvalue weighted by atomic mass is 9.96. The van der Waals surface area contributed by atoms with E-state index in [1.807, 2.05) is 44.2 Å². The van der Waals surface area contributed by atoms with Crippen LogP contribution in [-0.2, 0) is 4.79 Å². The number of methoxy groups -OCH3 is 2. The molecule has 0 radical (unpaired) electrons. The molecule has 0 saturated carbocycles. The van der Waals surface area contributed by atoms with Gasteiger partial charge in [0, 0.05) is 40.3 Å². The molecule has 0 atom stereocenters. The molecule has 1 heterocycles. The highest BCUT2D eigenvalue weighted by Crippen LogP contribution is 2.42. The van der Waals surface area contributed by atoms with Crippen molar-refractivity contribution < 1.29 is 18.7 Å². The molecule has 31 heavy (non-hydrogen) atoms. The molecule has 1 aromatic heterocycles. The summed E-state index contributed by atoms with van der Waals surface area (Å²) in [5.74, 6) is 1.39. The highest BCUT2D eigenvalue weighted by Gasteiger charge is 2.20. The summed E-state index contributed by atoms with van der Waals surface area (Å²) in [4.78, 5) is 12.4. The van der Waals surface area contributed by atoms with Crippen molar-refractivity contribution in [2.45, 2.75) is 40.0 Å². The highest BCUT2D eigenvalue weighted by atomic mass is 16.5. The number of unbranched alkanes of at least 4 members (excludes halogenated alkanes) is 2. The number of fused-ring (bicyclic) bond motifs is 1. The second-order valence-electron chi connectivity index (χ2n) is 7.63. The van der Waals surface area contributed by atoms with Crippen molar-refractivity contribution in [1.29, 1.82) is 0 Å². The summed E-state index contributed by atoms with van der Waals surface area (Å²) in [7, 11) is 3.30. The lowest BCUT2D eigenvalue weighted by Crippen LogP contribution is -2.22. The van der Waals surface area contributed by atoms with Crippen molar-refractivity contribution in [1.82, 2.24) is 5.32 Å². The molecule has 0 aliphatic heterocycles. The Kier molecular flexibility index (Phi) is 7.40. The molecule has 0 bridgehead atoms. The van der Waals surface area contributed by atoms with E-state index < -0.39 is 0 Å². The molecule has 0 saturated heterocycles. The van der Waals surface area contributed by atoms with Gasteiger partial charge in [0.2, 0.25) is 5.91 Å². The molecule has 164 valence electrons. The van der Waals surface area contributed by atoms with Gasteiger partial charge in [-0.05, 0) is 38.0 Å². The van der Waals surface area contributed by atoms with Gasteiger partial charge in [0.25, 0.3) is 0 Å². The number of hydrogen-bond donors (Lipinski definition) is 1. The van der Waals surface area contributed by atoms with Crippen molar-refractivity contribution in [3.63, 3.8) is 0 Å². The van der Waals surface area contributed by atoms with E-state index in [1.54, 1.807) is 26.6 Å². The zero-order chi connectivity index (χ0) is 22.4. The van der Waals surface area contributed by atoms with Crippen LogP contribution in [0.4, 0.5) is 0 Å². The SMILES string of the molecule is CCCCCNC(=O)/C=C(\C)c1cc2c(-c3ccccc3OC)coc2c(C)c1OC. The van der Waals surface area contributed by atoms with E-state index in [0.717, 1.165) is 63.8 Å². The van der Waals surface area contributed by atoms with Crippen molar-refractivity contribution in [2.24, 2.45) is 0 Å². The lowest BCUT2D eigenvalue weighted by Gasteiger charge is -2.14. The number of rotatable bonds is 9. The van der Waals surface area contributed by atoms with Gasteiger partial charge in [0.15, 0.2) is 0 Å². The first-order valence-electron chi connectivity index (χ1n) is 10.7. The van der Waals surface area contributed by atoms with Crippen LogP contribution in [0.2, 0.25) is 0 Å². The third-order valence-electron chi connectivity index (χ3n) is 5.50. The Morgan fingerprint density at radius 3 is 2.61 bits per heavy atom. The quantitative estimate of drug-likeness (QED) is 0.333. The number of carbonyl (C=O) groups excluding carboxylic acids is 1. The van der Waals surface area contributed by atoms with E-state index in [1.165, 1.54) is 0 Å². The second-order valence-corrected chi connectivity index (χ2v) is 7.63. The lowest BCUT2D eigenvalue weighted by molar-refractivity contribution is -0.116. The number of carbonyl (C=O) groups is 1. The van der Waals surface area contributed by atoms with Gasteiger partial charge in [-0.15, -0.1) is 0 Å². The number of furan rings is 1. The maximum atomic E-state index is 12.4. The van der Waals surface area contributed by atoms with Crippen LogP contribution in [0, 0.1) is 6.92 Å². The van der Waals surface area contributed by atoms with E-state index in [-0.39, 0.29) is 5.91 Å². The van der Waals surface area contributed by atoms with E-state index >= 15 is 0 Å². The summed E-state index contributed by atoms with van der Waals surface area (Å²) in [5, 5.41) is 3.92. The molecule has 0 aliphatic carbocycles. The zero-order valence-corrected chi connectivity index (χ0v) is 19.0. The maximum Gasteiger partial charge on any atom is 0.244 e. The fraction of sp³-hybridized carbons (Fsp3) is 0.346. The molecule has 2 aromatic carbocycles. The number of aryl methyl sites for hydroxylation is 1. The number of hydrogen-bond acceptors (Lipinski definition) is 4. The average Bonchev–Trinajstić information content (AvgIpc) is 3.20. The summed E-state index contributed by atoms with van der Waals surface area (Å²) in [6.07, 6.45) is 6.61. The third-order valence-corrected chi connectivity index (χ3v) is 5.50. The molecule has 1 N–H and O–H groups in total. The fourth-order valence-electron chi connectivity index (χ4n) is 3.86. The minimum atomic E-state index is -0.0921. The average molecular weight is 422 g/mol. The van der Waals surface area contributed by atoms with Gasteiger partial charge in [-0.2, -0.15) is 0 Å². The van der Waals surface area contributed by atoms with E-state index in [0.29, 0.717) is 12.3 Å². The standard InChI is InChI=1S/C26H31NO4/c1-6-7-10-13-27-24(28)14-17(2)20-15-21-22(19-11-8-9-12-23(19)29-4)16-31-26(21)18(3)25(20)30-5/h8-9,11-12,14-16H,6-7,10,13H2,1-5H3,(H,27,28)/b17-14+. The fourth-order valence-corrected chi connectivity index (χ4v) is 3.86. The highest BCUT2D eigenvalue weighted by molar-refractivity contribution is 6.02.